The predicted octanol–water partition coefficient (Wildman–Crippen LogP) is 2.00. The summed E-state index contributed by atoms with van der Waals surface area (Å²) in [5.74, 6) is 0. The van der Waals surface area contributed by atoms with Crippen molar-refractivity contribution in [2.45, 2.75) is 0 Å². The predicted molar refractivity (Wildman–Crippen MR) is 59.9 cm³/mol. The van der Waals surface area contributed by atoms with E-state index in [-0.39, 0.29) is 5.57 Å². The first-order chi connectivity index (χ1) is 7.72. The average Bonchev–Trinajstić information content (AvgIpc) is 2.65. The van der Waals surface area contributed by atoms with Crippen LogP contribution in [0.1, 0.15) is 5.56 Å². The molecule has 2 aromatic rings. The highest BCUT2D eigenvalue weighted by molar-refractivity contribution is 5.81. The van der Waals surface area contributed by atoms with Crippen LogP contribution in [0.2, 0.25) is 0 Å². The van der Waals surface area contributed by atoms with Crippen LogP contribution in [0.3, 0.4) is 0 Å². The summed E-state index contributed by atoms with van der Waals surface area (Å²) < 4.78 is 1.73. The third-order valence-electron chi connectivity index (χ3n) is 2.20. The van der Waals surface area contributed by atoms with Gasteiger partial charge in [0.05, 0.1) is 5.52 Å². The Balaban J connectivity index is 2.52. The number of benzene rings is 1. The molecule has 0 atom stereocenters. The van der Waals surface area contributed by atoms with Crippen LogP contribution in [0.15, 0.2) is 30.0 Å². The maximum atomic E-state index is 8.64. The molecule has 76 valence electrons. The van der Waals surface area contributed by atoms with Crippen molar-refractivity contribution in [3.63, 3.8) is 0 Å². The molecule has 2 rings (SSSR count). The van der Waals surface area contributed by atoms with Crippen LogP contribution < -0.4 is 0 Å². The Kier molecular flexibility index (Phi) is 2.41. The number of nitrogens with zero attached hydrogens (tertiary/aromatic N) is 4. The SMILES string of the molecule is Cn1cc2ccc(C=C(C#N)C#N)cc2n1. The highest BCUT2D eigenvalue weighted by atomic mass is 15.2. The number of nitriles is 2. The van der Waals surface area contributed by atoms with Gasteiger partial charge in [-0.2, -0.15) is 15.6 Å². The molecule has 0 spiro atoms. The lowest BCUT2D eigenvalue weighted by atomic mass is 10.1. The van der Waals surface area contributed by atoms with Crippen LogP contribution in [-0.4, -0.2) is 9.78 Å². The van der Waals surface area contributed by atoms with Gasteiger partial charge in [0, 0.05) is 18.6 Å². The lowest BCUT2D eigenvalue weighted by Crippen LogP contribution is -1.84. The Morgan fingerprint density at radius 1 is 1.38 bits per heavy atom. The summed E-state index contributed by atoms with van der Waals surface area (Å²) >= 11 is 0. The normalized spacial score (nSPS) is 9.44. The van der Waals surface area contributed by atoms with Gasteiger partial charge in [-0.3, -0.25) is 4.68 Å². The van der Waals surface area contributed by atoms with Gasteiger partial charge in [-0.1, -0.05) is 12.1 Å². The molecule has 0 N–H and O–H groups in total. The van der Waals surface area contributed by atoms with Crippen LogP contribution in [0.5, 0.6) is 0 Å². The zero-order valence-corrected chi connectivity index (χ0v) is 8.68. The van der Waals surface area contributed by atoms with Gasteiger partial charge >= 0.3 is 0 Å². The first-order valence-corrected chi connectivity index (χ1v) is 4.68. The molecule has 0 amide bonds. The maximum absolute atomic E-state index is 8.64. The Morgan fingerprint density at radius 2 is 2.12 bits per heavy atom. The van der Waals surface area contributed by atoms with Gasteiger partial charge in [0.2, 0.25) is 0 Å². The van der Waals surface area contributed by atoms with Crippen molar-refractivity contribution in [1.29, 1.82) is 10.5 Å². The van der Waals surface area contributed by atoms with Crippen LogP contribution in [0.4, 0.5) is 0 Å². The molecule has 1 aromatic carbocycles. The van der Waals surface area contributed by atoms with E-state index in [0.717, 1.165) is 16.5 Å². The zero-order valence-electron chi connectivity index (χ0n) is 8.68. The molecule has 4 heteroatoms. The van der Waals surface area contributed by atoms with Gasteiger partial charge in [-0.15, -0.1) is 0 Å². The van der Waals surface area contributed by atoms with Crippen molar-refractivity contribution in [1.82, 2.24) is 9.78 Å². The molecule has 0 radical (unpaired) electrons. The molecule has 0 saturated carbocycles. The Labute approximate surface area is 92.6 Å². The quantitative estimate of drug-likeness (QED) is 0.673. The Morgan fingerprint density at radius 3 is 2.81 bits per heavy atom. The number of allylic oxidation sites excluding steroid dienone is 1. The van der Waals surface area contributed by atoms with Crippen molar-refractivity contribution >= 4 is 17.0 Å². The highest BCUT2D eigenvalue weighted by Gasteiger charge is 2.00. The Hall–Kier alpha value is -2.59. The molecule has 16 heavy (non-hydrogen) atoms. The first-order valence-electron chi connectivity index (χ1n) is 4.68. The fourth-order valence-electron chi connectivity index (χ4n) is 1.50. The van der Waals surface area contributed by atoms with Crippen LogP contribution in [0, 0.1) is 22.7 Å². The van der Waals surface area contributed by atoms with E-state index in [1.165, 1.54) is 0 Å². The summed E-state index contributed by atoms with van der Waals surface area (Å²) in [6, 6.07) is 9.28. The summed E-state index contributed by atoms with van der Waals surface area (Å²) in [4.78, 5) is 0. The fraction of sp³-hybridized carbons (Fsp3) is 0.0833. The number of fused-ring (bicyclic) bond motifs is 1. The molecular formula is C12H8N4. The molecule has 0 aliphatic carbocycles. The summed E-state index contributed by atoms with van der Waals surface area (Å²) in [5, 5.41) is 22.6. The van der Waals surface area contributed by atoms with Gasteiger partial charge in [-0.05, 0) is 17.7 Å². The van der Waals surface area contributed by atoms with Crippen molar-refractivity contribution < 1.29 is 0 Å². The number of hydrogen-bond donors (Lipinski definition) is 0. The minimum atomic E-state index is 0.0929. The third-order valence-corrected chi connectivity index (χ3v) is 2.20. The average molecular weight is 208 g/mol. The molecule has 0 aliphatic heterocycles. The van der Waals surface area contributed by atoms with Crippen LogP contribution in [-0.2, 0) is 7.05 Å². The molecule has 4 nitrogen and oxygen atoms in total. The Bertz CT molecular complexity index is 634. The second kappa shape index (κ2) is 3.88. The van der Waals surface area contributed by atoms with Gasteiger partial charge < -0.3 is 0 Å². The monoisotopic (exact) mass is 208 g/mol. The number of hydrogen-bond acceptors (Lipinski definition) is 3. The first kappa shape index (κ1) is 9.95. The molecule has 0 aliphatic rings. The summed E-state index contributed by atoms with van der Waals surface area (Å²) in [7, 11) is 1.85. The lowest BCUT2D eigenvalue weighted by molar-refractivity contribution is 0.780. The molecule has 0 fully saturated rings. The van der Waals surface area contributed by atoms with Crippen molar-refractivity contribution in [2.75, 3.05) is 0 Å². The van der Waals surface area contributed by atoms with E-state index in [2.05, 4.69) is 5.10 Å². The van der Waals surface area contributed by atoms with Gasteiger partial charge in [-0.25, -0.2) is 0 Å². The number of aromatic nitrogens is 2. The molecule has 0 saturated heterocycles. The minimum Gasteiger partial charge on any atom is -0.275 e. The third kappa shape index (κ3) is 1.77. The van der Waals surface area contributed by atoms with Crippen LogP contribution in [0.25, 0.3) is 17.0 Å². The van der Waals surface area contributed by atoms with Gasteiger partial charge in [0.1, 0.15) is 17.7 Å². The lowest BCUT2D eigenvalue weighted by Gasteiger charge is -1.92. The van der Waals surface area contributed by atoms with E-state index >= 15 is 0 Å². The summed E-state index contributed by atoms with van der Waals surface area (Å²) in [6.45, 7) is 0. The second-order valence-corrected chi connectivity index (χ2v) is 3.40. The van der Waals surface area contributed by atoms with E-state index < -0.39 is 0 Å². The highest BCUT2D eigenvalue weighted by Crippen LogP contribution is 2.15. The van der Waals surface area contributed by atoms with E-state index in [9.17, 15) is 0 Å². The van der Waals surface area contributed by atoms with Crippen molar-refractivity contribution in [3.8, 4) is 12.1 Å². The molecule has 0 unspecified atom stereocenters. The smallest absolute Gasteiger partial charge is 0.130 e. The second-order valence-electron chi connectivity index (χ2n) is 3.40. The van der Waals surface area contributed by atoms with E-state index in [0.29, 0.717) is 0 Å². The van der Waals surface area contributed by atoms with E-state index in [1.807, 2.05) is 43.6 Å². The van der Waals surface area contributed by atoms with Crippen molar-refractivity contribution in [3.05, 3.63) is 35.5 Å². The largest absolute Gasteiger partial charge is 0.275 e. The topological polar surface area (TPSA) is 65.4 Å². The maximum Gasteiger partial charge on any atom is 0.130 e. The van der Waals surface area contributed by atoms with E-state index in [4.69, 9.17) is 10.5 Å². The standard InChI is InChI=1S/C12H8N4/c1-16-8-11-3-2-9(5-12(11)15-16)4-10(6-13)7-14/h2-5,8H,1H3. The summed E-state index contributed by atoms with van der Waals surface area (Å²) in [6.07, 6.45) is 3.46. The molecule has 1 heterocycles. The van der Waals surface area contributed by atoms with Crippen LogP contribution >= 0.6 is 0 Å². The minimum absolute atomic E-state index is 0.0929. The number of aryl methyl sites for hydroxylation is 1. The molecular weight excluding hydrogens is 200 g/mol. The number of rotatable bonds is 1. The van der Waals surface area contributed by atoms with Gasteiger partial charge in [0.15, 0.2) is 0 Å². The fourth-order valence-corrected chi connectivity index (χ4v) is 1.50. The van der Waals surface area contributed by atoms with Gasteiger partial charge in [0.25, 0.3) is 0 Å². The van der Waals surface area contributed by atoms with E-state index in [1.54, 1.807) is 10.8 Å². The molecule has 1 aromatic heterocycles. The molecule has 0 bridgehead atoms. The zero-order chi connectivity index (χ0) is 11.5. The summed E-state index contributed by atoms with van der Waals surface area (Å²) in [5.41, 5.74) is 1.76. The van der Waals surface area contributed by atoms with Crippen molar-refractivity contribution in [2.24, 2.45) is 7.05 Å².